The Morgan fingerprint density at radius 1 is 1.29 bits per heavy atom. The number of carbonyl (C=O) groups excluding carboxylic acids is 1. The molecule has 2 heterocycles. The highest BCUT2D eigenvalue weighted by molar-refractivity contribution is 7.91. The number of rotatable bonds is 4. The maximum atomic E-state index is 12.9. The van der Waals surface area contributed by atoms with Gasteiger partial charge in [-0.15, -0.1) is 0 Å². The minimum Gasteiger partial charge on any atom is -0.334 e. The number of nitrogens with zero attached hydrogens (tertiary/aromatic N) is 4. The number of hydrogen-bond donors (Lipinski definition) is 0. The first-order valence-corrected chi connectivity index (χ1v) is 10.2. The average Bonchev–Trinajstić information content (AvgIpc) is 3.15. The van der Waals surface area contributed by atoms with Crippen molar-refractivity contribution in [2.75, 3.05) is 11.5 Å². The van der Waals surface area contributed by atoms with Crippen LogP contribution in [0.25, 0.3) is 0 Å². The fraction of sp³-hybridized carbons (Fsp3) is 0.688. The van der Waals surface area contributed by atoms with Crippen molar-refractivity contribution < 1.29 is 13.2 Å². The fourth-order valence-electron chi connectivity index (χ4n) is 3.79. The quantitative estimate of drug-likeness (QED) is 0.810. The molecule has 3 rings (SSSR count). The second-order valence-corrected chi connectivity index (χ2v) is 8.92. The Hall–Kier alpha value is -1.88. The van der Waals surface area contributed by atoms with Crippen molar-refractivity contribution in [2.45, 2.75) is 57.2 Å². The molecule has 130 valence electrons. The van der Waals surface area contributed by atoms with Crippen LogP contribution in [0.2, 0.25) is 0 Å². The zero-order valence-electron chi connectivity index (χ0n) is 13.6. The largest absolute Gasteiger partial charge is 0.334 e. The number of amides is 1. The number of aromatic nitrogens is 2. The molecule has 1 saturated heterocycles. The van der Waals surface area contributed by atoms with Gasteiger partial charge in [-0.05, 0) is 19.3 Å². The van der Waals surface area contributed by atoms with E-state index in [-0.39, 0.29) is 36.0 Å². The first-order chi connectivity index (χ1) is 11.5. The van der Waals surface area contributed by atoms with Crippen molar-refractivity contribution in [2.24, 2.45) is 0 Å². The lowest BCUT2D eigenvalue weighted by atomic mass is 9.93. The molecule has 1 aliphatic heterocycles. The highest BCUT2D eigenvalue weighted by Gasteiger charge is 2.38. The second-order valence-electron chi connectivity index (χ2n) is 6.69. The Bertz CT molecular complexity index is 744. The maximum absolute atomic E-state index is 12.9. The van der Waals surface area contributed by atoms with Crippen molar-refractivity contribution in [3.8, 4) is 6.07 Å². The first-order valence-electron chi connectivity index (χ1n) is 8.42. The second kappa shape index (κ2) is 6.93. The van der Waals surface area contributed by atoms with E-state index in [9.17, 15) is 13.2 Å². The molecule has 1 unspecified atom stereocenters. The lowest BCUT2D eigenvalue weighted by Crippen LogP contribution is -2.49. The van der Waals surface area contributed by atoms with Gasteiger partial charge in [0.15, 0.2) is 9.84 Å². The van der Waals surface area contributed by atoms with E-state index < -0.39 is 9.84 Å². The average molecular weight is 350 g/mol. The Kier molecular flexibility index (Phi) is 4.90. The van der Waals surface area contributed by atoms with E-state index in [2.05, 4.69) is 5.10 Å². The summed E-state index contributed by atoms with van der Waals surface area (Å²) >= 11 is 0. The number of nitriles is 1. The van der Waals surface area contributed by atoms with Crippen molar-refractivity contribution in [1.29, 1.82) is 5.26 Å². The molecule has 1 aromatic heterocycles. The Labute approximate surface area is 142 Å². The molecule has 7 nitrogen and oxygen atoms in total. The van der Waals surface area contributed by atoms with Crippen LogP contribution in [-0.4, -0.2) is 52.6 Å². The van der Waals surface area contributed by atoms with E-state index >= 15 is 0 Å². The molecule has 1 amide bonds. The van der Waals surface area contributed by atoms with Gasteiger partial charge in [-0.25, -0.2) is 8.42 Å². The van der Waals surface area contributed by atoms with E-state index in [1.54, 1.807) is 6.20 Å². The Balaban J connectivity index is 1.78. The number of hydrogen-bond acceptors (Lipinski definition) is 5. The van der Waals surface area contributed by atoms with Crippen LogP contribution >= 0.6 is 0 Å². The minimum atomic E-state index is -3.04. The molecule has 2 fully saturated rings. The van der Waals surface area contributed by atoms with Gasteiger partial charge in [0.1, 0.15) is 12.6 Å². The van der Waals surface area contributed by atoms with Gasteiger partial charge in [0, 0.05) is 18.3 Å². The molecule has 0 radical (unpaired) electrons. The summed E-state index contributed by atoms with van der Waals surface area (Å²) in [4.78, 5) is 14.7. The normalized spacial score (nSPS) is 23.7. The molecule has 1 aromatic rings. The van der Waals surface area contributed by atoms with Gasteiger partial charge in [-0.2, -0.15) is 10.4 Å². The summed E-state index contributed by atoms with van der Waals surface area (Å²) in [5, 5.41) is 12.9. The topological polar surface area (TPSA) is 96.1 Å². The molecule has 8 heteroatoms. The maximum Gasteiger partial charge on any atom is 0.244 e. The Morgan fingerprint density at radius 3 is 2.62 bits per heavy atom. The van der Waals surface area contributed by atoms with Crippen molar-refractivity contribution in [3.05, 3.63) is 18.0 Å². The van der Waals surface area contributed by atoms with Crippen LogP contribution < -0.4 is 0 Å². The third kappa shape index (κ3) is 3.78. The summed E-state index contributed by atoms with van der Waals surface area (Å²) in [6.45, 7) is 0.0503. The number of carbonyl (C=O) groups is 1. The molecule has 0 aromatic carbocycles. The molecule has 0 spiro atoms. The Morgan fingerprint density at radius 2 is 2.04 bits per heavy atom. The molecule has 0 bridgehead atoms. The van der Waals surface area contributed by atoms with Crippen LogP contribution in [-0.2, 0) is 21.2 Å². The van der Waals surface area contributed by atoms with E-state index in [1.165, 1.54) is 17.3 Å². The zero-order chi connectivity index (χ0) is 17.2. The molecular formula is C16H22N4O3S. The van der Waals surface area contributed by atoms with Crippen molar-refractivity contribution >= 4 is 15.7 Å². The smallest absolute Gasteiger partial charge is 0.244 e. The van der Waals surface area contributed by atoms with Gasteiger partial charge in [0.2, 0.25) is 5.91 Å². The van der Waals surface area contributed by atoms with E-state index in [0.29, 0.717) is 12.0 Å². The van der Waals surface area contributed by atoms with Gasteiger partial charge in [-0.1, -0.05) is 19.3 Å². The SMILES string of the molecule is N#Cc1cnn(CC(=O)N(C2CCCCC2)C2CCS(=O)(=O)C2)c1. The lowest BCUT2D eigenvalue weighted by molar-refractivity contribution is -0.137. The monoisotopic (exact) mass is 350 g/mol. The van der Waals surface area contributed by atoms with Gasteiger partial charge in [0.25, 0.3) is 0 Å². The highest BCUT2D eigenvalue weighted by Crippen LogP contribution is 2.28. The predicted molar refractivity (Wildman–Crippen MR) is 87.7 cm³/mol. The van der Waals surface area contributed by atoms with Crippen LogP contribution in [0.5, 0.6) is 0 Å². The molecular weight excluding hydrogens is 328 g/mol. The van der Waals surface area contributed by atoms with Gasteiger partial charge < -0.3 is 4.90 Å². The van der Waals surface area contributed by atoms with Crippen molar-refractivity contribution in [1.82, 2.24) is 14.7 Å². The van der Waals surface area contributed by atoms with Crippen LogP contribution in [0.3, 0.4) is 0 Å². The first kappa shape index (κ1) is 17.0. The highest BCUT2D eigenvalue weighted by atomic mass is 32.2. The molecule has 24 heavy (non-hydrogen) atoms. The molecule has 1 aliphatic carbocycles. The van der Waals surface area contributed by atoms with Crippen LogP contribution in [0.1, 0.15) is 44.1 Å². The molecule has 2 aliphatic rings. The van der Waals surface area contributed by atoms with Crippen LogP contribution in [0, 0.1) is 11.3 Å². The zero-order valence-corrected chi connectivity index (χ0v) is 14.4. The van der Waals surface area contributed by atoms with E-state index in [4.69, 9.17) is 5.26 Å². The van der Waals surface area contributed by atoms with E-state index in [0.717, 1.165) is 25.7 Å². The summed E-state index contributed by atoms with van der Waals surface area (Å²) in [6.07, 6.45) is 8.69. The summed E-state index contributed by atoms with van der Waals surface area (Å²) in [7, 11) is -3.04. The predicted octanol–water partition coefficient (Wildman–Crippen LogP) is 1.10. The van der Waals surface area contributed by atoms with Gasteiger partial charge in [0.05, 0.1) is 23.3 Å². The standard InChI is InChI=1S/C16H22N4O3S/c17-8-13-9-18-19(10-13)11-16(21)20(14-4-2-1-3-5-14)15-6-7-24(22,23)12-15/h9-10,14-15H,1-7,11-12H2. The summed E-state index contributed by atoms with van der Waals surface area (Å²) in [6, 6.07) is 1.89. The molecule has 1 atom stereocenters. The number of sulfone groups is 1. The van der Waals surface area contributed by atoms with Crippen LogP contribution in [0.4, 0.5) is 0 Å². The van der Waals surface area contributed by atoms with Gasteiger partial charge >= 0.3 is 0 Å². The summed E-state index contributed by atoms with van der Waals surface area (Å²) in [5.41, 5.74) is 0.412. The van der Waals surface area contributed by atoms with Crippen LogP contribution in [0.15, 0.2) is 12.4 Å². The summed E-state index contributed by atoms with van der Waals surface area (Å²) < 4.78 is 25.2. The molecule has 1 saturated carbocycles. The summed E-state index contributed by atoms with van der Waals surface area (Å²) in [5.74, 6) is 0.128. The lowest BCUT2D eigenvalue weighted by Gasteiger charge is -2.38. The van der Waals surface area contributed by atoms with Crippen molar-refractivity contribution in [3.63, 3.8) is 0 Å². The van der Waals surface area contributed by atoms with Gasteiger partial charge in [-0.3, -0.25) is 9.48 Å². The van der Waals surface area contributed by atoms with E-state index in [1.807, 2.05) is 11.0 Å². The molecule has 0 N–H and O–H groups in total. The minimum absolute atomic E-state index is 0.0503. The fourth-order valence-corrected chi connectivity index (χ4v) is 5.50. The third-order valence-electron chi connectivity index (χ3n) is 4.92. The third-order valence-corrected chi connectivity index (χ3v) is 6.67.